The number of carboxylic acid groups (broad SMARTS) is 1. The van der Waals surface area contributed by atoms with Gasteiger partial charge >= 0.3 is 5.97 Å². The van der Waals surface area contributed by atoms with Gasteiger partial charge in [-0.1, -0.05) is 54.6 Å². The second-order valence-corrected chi connectivity index (χ2v) is 6.60. The average molecular weight is 397 g/mol. The fraction of sp³-hybridized carbons (Fsp3) is 0.350. The molecule has 2 aromatic carbocycles. The van der Waals surface area contributed by atoms with Gasteiger partial charge in [0.2, 0.25) is 0 Å². The number of benzene rings is 2. The van der Waals surface area contributed by atoms with E-state index in [4.69, 9.17) is 5.73 Å². The van der Waals surface area contributed by atoms with Gasteiger partial charge < -0.3 is 16.2 Å². The van der Waals surface area contributed by atoms with E-state index < -0.39 is 11.4 Å². The summed E-state index contributed by atoms with van der Waals surface area (Å²) in [6.45, 7) is 1.75. The minimum atomic E-state index is -0.904. The summed E-state index contributed by atoms with van der Waals surface area (Å²) in [5.74, 6) is -0.718. The van der Waals surface area contributed by atoms with E-state index in [9.17, 15) is 9.90 Å². The van der Waals surface area contributed by atoms with Crippen molar-refractivity contribution >= 4 is 30.8 Å². The largest absolute Gasteiger partial charge is 0.481 e. The van der Waals surface area contributed by atoms with E-state index in [0.29, 0.717) is 6.42 Å². The van der Waals surface area contributed by atoms with Crippen molar-refractivity contribution in [1.29, 1.82) is 0 Å². The summed E-state index contributed by atoms with van der Waals surface area (Å²) in [4.78, 5) is 12.1. The van der Waals surface area contributed by atoms with Crippen molar-refractivity contribution in [3.05, 3.63) is 60.2 Å². The Bertz CT molecular complexity index is 706. The molecule has 1 unspecified atom stereocenters. The molecule has 0 bridgehead atoms. The molecule has 2 atom stereocenters. The Labute approximate surface area is 167 Å². The lowest BCUT2D eigenvalue weighted by Gasteiger charge is -2.34. The molecule has 1 aliphatic rings. The molecule has 142 valence electrons. The first-order valence-corrected chi connectivity index (χ1v) is 8.44. The quantitative estimate of drug-likeness (QED) is 0.699. The first-order chi connectivity index (χ1) is 11.7. The maximum Gasteiger partial charge on any atom is 0.311 e. The predicted molar refractivity (Wildman–Crippen MR) is 110 cm³/mol. The second-order valence-electron chi connectivity index (χ2n) is 6.60. The first-order valence-electron chi connectivity index (χ1n) is 8.44. The maximum absolute atomic E-state index is 12.1. The van der Waals surface area contributed by atoms with Gasteiger partial charge in [-0.3, -0.25) is 4.79 Å². The fourth-order valence-electron chi connectivity index (χ4n) is 3.70. The van der Waals surface area contributed by atoms with Gasteiger partial charge in [-0.25, -0.2) is 0 Å². The fourth-order valence-corrected chi connectivity index (χ4v) is 3.70. The number of nitrogens with two attached hydrogens (primary N) is 1. The van der Waals surface area contributed by atoms with Crippen LogP contribution in [0, 0.1) is 11.3 Å². The lowest BCUT2D eigenvalue weighted by atomic mass is 9.70. The van der Waals surface area contributed by atoms with Crippen LogP contribution < -0.4 is 11.1 Å². The molecule has 4 N–H and O–H groups in total. The van der Waals surface area contributed by atoms with Gasteiger partial charge in [-0.2, -0.15) is 0 Å². The summed E-state index contributed by atoms with van der Waals surface area (Å²) in [7, 11) is 0. The molecule has 0 aliphatic carbocycles. The SMILES string of the molecule is Cl.Cl.NCC(Cc1cccc(-c2ccccc2)c1)(C(=O)O)[C@H]1CCNC1. The molecular formula is C20H26Cl2N2O2. The van der Waals surface area contributed by atoms with E-state index in [1.807, 2.05) is 30.3 Å². The molecule has 6 heteroatoms. The van der Waals surface area contributed by atoms with E-state index in [2.05, 4.69) is 29.6 Å². The molecular weight excluding hydrogens is 371 g/mol. The summed E-state index contributed by atoms with van der Waals surface area (Å²) < 4.78 is 0. The van der Waals surface area contributed by atoms with Gasteiger partial charge in [-0.15, -0.1) is 24.8 Å². The third-order valence-electron chi connectivity index (χ3n) is 5.19. The summed E-state index contributed by atoms with van der Waals surface area (Å²) in [5, 5.41) is 13.2. The van der Waals surface area contributed by atoms with Gasteiger partial charge in [0.1, 0.15) is 0 Å². The van der Waals surface area contributed by atoms with Crippen LogP contribution in [-0.4, -0.2) is 30.7 Å². The van der Waals surface area contributed by atoms with Crippen molar-refractivity contribution in [2.24, 2.45) is 17.1 Å². The Morgan fingerprint density at radius 2 is 1.81 bits per heavy atom. The van der Waals surface area contributed by atoms with Gasteiger partial charge in [0, 0.05) is 6.54 Å². The first kappa shape index (κ1) is 22.5. The lowest BCUT2D eigenvalue weighted by Crippen LogP contribution is -2.47. The van der Waals surface area contributed by atoms with Gasteiger partial charge in [-0.05, 0) is 48.5 Å². The molecule has 0 spiro atoms. The van der Waals surface area contributed by atoms with E-state index in [1.165, 1.54) is 0 Å². The molecule has 0 saturated carbocycles. The maximum atomic E-state index is 12.1. The van der Waals surface area contributed by atoms with Crippen molar-refractivity contribution < 1.29 is 9.90 Å². The molecule has 0 aromatic heterocycles. The minimum Gasteiger partial charge on any atom is -0.481 e. The summed E-state index contributed by atoms with van der Waals surface area (Å²) >= 11 is 0. The van der Waals surface area contributed by atoms with Gasteiger partial charge in [0.05, 0.1) is 5.41 Å². The van der Waals surface area contributed by atoms with Crippen LogP contribution in [0.1, 0.15) is 12.0 Å². The van der Waals surface area contributed by atoms with Crippen LogP contribution in [0.25, 0.3) is 11.1 Å². The monoisotopic (exact) mass is 396 g/mol. The number of halogens is 2. The number of carbonyl (C=O) groups is 1. The highest BCUT2D eigenvalue weighted by Gasteiger charge is 2.45. The second kappa shape index (κ2) is 9.93. The van der Waals surface area contributed by atoms with E-state index in [-0.39, 0.29) is 37.3 Å². The highest BCUT2D eigenvalue weighted by atomic mass is 35.5. The third kappa shape index (κ3) is 4.57. The van der Waals surface area contributed by atoms with Crippen molar-refractivity contribution in [3.8, 4) is 11.1 Å². The molecule has 1 saturated heterocycles. The lowest BCUT2D eigenvalue weighted by molar-refractivity contribution is -0.151. The normalized spacial score (nSPS) is 18.3. The van der Waals surface area contributed by atoms with E-state index >= 15 is 0 Å². The molecule has 0 radical (unpaired) electrons. The van der Waals surface area contributed by atoms with E-state index in [1.54, 1.807) is 0 Å². The zero-order valence-corrected chi connectivity index (χ0v) is 16.2. The van der Waals surface area contributed by atoms with Gasteiger partial charge in [0.25, 0.3) is 0 Å². The zero-order valence-electron chi connectivity index (χ0n) is 14.6. The van der Waals surface area contributed by atoms with Crippen LogP contribution in [-0.2, 0) is 11.2 Å². The number of carboxylic acids is 1. The van der Waals surface area contributed by atoms with Crippen LogP contribution >= 0.6 is 24.8 Å². The van der Waals surface area contributed by atoms with Crippen molar-refractivity contribution in [2.45, 2.75) is 12.8 Å². The molecule has 2 aromatic rings. The zero-order chi connectivity index (χ0) is 17.0. The minimum absolute atomic E-state index is 0. The molecule has 1 aliphatic heterocycles. The standard InChI is InChI=1S/C20H24N2O2.2ClH/c21-14-20(19(23)24,18-9-10-22-13-18)12-15-5-4-8-17(11-15)16-6-2-1-3-7-16;;/h1-8,11,18,22H,9-10,12-14,21H2,(H,23,24);2*1H/t18-,20?;;/m0../s1. The Balaban J connectivity index is 0.00000169. The predicted octanol–water partition coefficient (Wildman–Crippen LogP) is 3.38. The Morgan fingerprint density at radius 3 is 2.38 bits per heavy atom. The van der Waals surface area contributed by atoms with Gasteiger partial charge in [0.15, 0.2) is 0 Å². The van der Waals surface area contributed by atoms with Crippen molar-refractivity contribution in [3.63, 3.8) is 0 Å². The molecule has 1 heterocycles. The number of hydrogen-bond donors (Lipinski definition) is 3. The number of hydrogen-bond acceptors (Lipinski definition) is 3. The Hall–Kier alpha value is -1.59. The van der Waals surface area contributed by atoms with Crippen LogP contribution in [0.15, 0.2) is 54.6 Å². The van der Waals surface area contributed by atoms with Crippen molar-refractivity contribution in [2.75, 3.05) is 19.6 Å². The average Bonchev–Trinajstić information content (AvgIpc) is 3.15. The van der Waals surface area contributed by atoms with Crippen LogP contribution in [0.4, 0.5) is 0 Å². The summed E-state index contributed by atoms with van der Waals surface area (Å²) in [6.07, 6.45) is 1.33. The molecule has 0 amide bonds. The van der Waals surface area contributed by atoms with Crippen LogP contribution in [0.5, 0.6) is 0 Å². The molecule has 26 heavy (non-hydrogen) atoms. The van der Waals surface area contributed by atoms with Crippen molar-refractivity contribution in [1.82, 2.24) is 5.32 Å². The Kier molecular flexibility index (Phi) is 8.57. The van der Waals surface area contributed by atoms with Crippen LogP contribution in [0.2, 0.25) is 0 Å². The topological polar surface area (TPSA) is 75.4 Å². The summed E-state index contributed by atoms with van der Waals surface area (Å²) in [5.41, 5.74) is 8.34. The number of aliphatic carboxylic acids is 1. The Morgan fingerprint density at radius 1 is 1.12 bits per heavy atom. The summed E-state index contributed by atoms with van der Waals surface area (Å²) in [6, 6.07) is 18.3. The molecule has 3 rings (SSSR count). The third-order valence-corrected chi connectivity index (χ3v) is 5.19. The molecule has 4 nitrogen and oxygen atoms in total. The smallest absolute Gasteiger partial charge is 0.311 e. The highest BCUT2D eigenvalue weighted by molar-refractivity contribution is 5.85. The number of nitrogens with one attached hydrogen (secondary N) is 1. The molecule has 1 fully saturated rings. The highest BCUT2D eigenvalue weighted by Crippen LogP contribution is 2.36. The van der Waals surface area contributed by atoms with E-state index in [0.717, 1.165) is 36.2 Å². The number of rotatable bonds is 6. The van der Waals surface area contributed by atoms with Crippen LogP contribution in [0.3, 0.4) is 0 Å².